The predicted molar refractivity (Wildman–Crippen MR) is 158 cm³/mol. The highest BCUT2D eigenvalue weighted by atomic mass is 32.2. The molecule has 214 valence electrons. The van der Waals surface area contributed by atoms with Gasteiger partial charge in [-0.1, -0.05) is 51.5 Å². The van der Waals surface area contributed by atoms with E-state index in [0.29, 0.717) is 47.1 Å². The Kier molecular flexibility index (Phi) is 10.6. The summed E-state index contributed by atoms with van der Waals surface area (Å²) >= 11 is 1.26. The van der Waals surface area contributed by atoms with Gasteiger partial charge in [-0.15, -0.1) is 0 Å². The normalized spacial score (nSPS) is 12.5. The first-order chi connectivity index (χ1) is 18.5. The number of carbonyl (C=O) groups is 1. The minimum atomic E-state index is -3.67. The predicted octanol–water partition coefficient (Wildman–Crippen LogP) is 4.50. The Labute approximate surface area is 236 Å². The number of benzene rings is 2. The second-order valence-corrected chi connectivity index (χ2v) is 14.2. The van der Waals surface area contributed by atoms with Crippen LogP contribution in [0.5, 0.6) is 0 Å². The van der Waals surface area contributed by atoms with Gasteiger partial charge < -0.3 is 4.90 Å². The molecule has 1 heterocycles. The van der Waals surface area contributed by atoms with Gasteiger partial charge in [0.1, 0.15) is 5.52 Å². The fourth-order valence-electron chi connectivity index (χ4n) is 4.25. The number of anilines is 1. The van der Waals surface area contributed by atoms with Gasteiger partial charge >= 0.3 is 0 Å². The third-order valence-corrected chi connectivity index (χ3v) is 10.8. The fourth-order valence-corrected chi connectivity index (χ4v) is 7.65. The Hall–Kier alpha value is -2.38. The highest BCUT2D eigenvalue weighted by molar-refractivity contribution is 7.91. The van der Waals surface area contributed by atoms with Crippen molar-refractivity contribution in [3.63, 3.8) is 0 Å². The number of carbonyl (C=O) groups excluding carboxylic acids is 1. The lowest BCUT2D eigenvalue weighted by atomic mass is 10.2. The molecule has 12 heteroatoms. The van der Waals surface area contributed by atoms with Gasteiger partial charge in [-0.05, 0) is 55.9 Å². The molecule has 0 saturated heterocycles. The summed E-state index contributed by atoms with van der Waals surface area (Å²) in [4.78, 5) is 22.4. The van der Waals surface area contributed by atoms with E-state index in [2.05, 4.69) is 9.88 Å². The molecule has 0 unspecified atom stereocenters. The number of unbranched alkanes of at least 4 members (excludes halogenated alkanes) is 1. The average molecular weight is 595 g/mol. The lowest BCUT2D eigenvalue weighted by molar-refractivity contribution is 0.0983. The van der Waals surface area contributed by atoms with Crippen molar-refractivity contribution < 1.29 is 21.6 Å². The number of fused-ring (bicyclic) bond motifs is 1. The van der Waals surface area contributed by atoms with Crippen molar-refractivity contribution in [3.05, 3.63) is 48.0 Å². The number of likely N-dealkylation sites (N-methyl/N-ethyl adjacent to an activating group) is 1. The maximum atomic E-state index is 13.8. The SMILES string of the molecule is CCCCN(CC)S(=O)(=O)c1ccc(C(=O)N(CCN(CC)CC)c2nc3c(S(C)(=O)=O)cccc3s2)cc1. The largest absolute Gasteiger partial charge is 0.302 e. The Morgan fingerprint density at radius 1 is 0.872 bits per heavy atom. The smallest absolute Gasteiger partial charge is 0.260 e. The van der Waals surface area contributed by atoms with Gasteiger partial charge in [-0.2, -0.15) is 4.31 Å². The van der Waals surface area contributed by atoms with E-state index >= 15 is 0 Å². The van der Waals surface area contributed by atoms with Crippen LogP contribution in [0.15, 0.2) is 52.3 Å². The monoisotopic (exact) mass is 594 g/mol. The quantitative estimate of drug-likeness (QED) is 0.270. The van der Waals surface area contributed by atoms with Gasteiger partial charge in [0.2, 0.25) is 10.0 Å². The molecule has 1 amide bonds. The molecule has 0 aliphatic rings. The minimum absolute atomic E-state index is 0.122. The second kappa shape index (κ2) is 13.3. The highest BCUT2D eigenvalue weighted by Gasteiger charge is 2.26. The summed E-state index contributed by atoms with van der Waals surface area (Å²) < 4.78 is 53.1. The molecule has 0 atom stereocenters. The summed E-state index contributed by atoms with van der Waals surface area (Å²) in [6.07, 6.45) is 2.80. The third kappa shape index (κ3) is 7.23. The van der Waals surface area contributed by atoms with Crippen molar-refractivity contribution in [2.24, 2.45) is 0 Å². The van der Waals surface area contributed by atoms with Crippen molar-refractivity contribution in [2.75, 3.05) is 50.4 Å². The van der Waals surface area contributed by atoms with Crippen LogP contribution < -0.4 is 4.90 Å². The number of hydrogen-bond acceptors (Lipinski definition) is 8. The van der Waals surface area contributed by atoms with E-state index in [-0.39, 0.29) is 15.7 Å². The van der Waals surface area contributed by atoms with Crippen LogP contribution >= 0.6 is 11.3 Å². The Balaban J connectivity index is 1.99. The van der Waals surface area contributed by atoms with E-state index in [4.69, 9.17) is 0 Å². The van der Waals surface area contributed by atoms with Gasteiger partial charge in [0.05, 0.1) is 14.5 Å². The van der Waals surface area contributed by atoms with Crippen molar-refractivity contribution in [1.82, 2.24) is 14.2 Å². The van der Waals surface area contributed by atoms with Gasteiger partial charge in [0.25, 0.3) is 5.91 Å². The minimum Gasteiger partial charge on any atom is -0.302 e. The number of hydrogen-bond donors (Lipinski definition) is 0. The highest BCUT2D eigenvalue weighted by Crippen LogP contribution is 2.33. The standard InChI is InChI=1S/C27H38N4O5S3/c1-6-10-18-30(9-4)39(35,36)22-16-14-21(15-17-22)26(32)31(20-19-29(7-2)8-3)27-28-25-23(37-27)12-11-13-24(25)38(5,33)34/h11-17H,6-10,18-20H2,1-5H3. The number of thiazole rings is 1. The molecular weight excluding hydrogens is 557 g/mol. The first-order valence-corrected chi connectivity index (χ1v) is 17.4. The second-order valence-electron chi connectivity index (χ2n) is 9.23. The zero-order valence-corrected chi connectivity index (χ0v) is 25.7. The van der Waals surface area contributed by atoms with Crippen LogP contribution in [0.1, 0.15) is 50.9 Å². The number of sulfonamides is 1. The summed E-state index contributed by atoms with van der Waals surface area (Å²) in [5.41, 5.74) is 0.668. The van der Waals surface area contributed by atoms with Crippen molar-refractivity contribution in [3.8, 4) is 0 Å². The van der Waals surface area contributed by atoms with E-state index < -0.39 is 19.9 Å². The molecule has 39 heavy (non-hydrogen) atoms. The molecule has 3 rings (SSSR count). The van der Waals surface area contributed by atoms with Crippen molar-refractivity contribution in [2.45, 2.75) is 50.3 Å². The zero-order chi connectivity index (χ0) is 28.8. The van der Waals surface area contributed by atoms with Crippen molar-refractivity contribution >= 4 is 52.5 Å². The summed E-state index contributed by atoms with van der Waals surface area (Å²) in [5, 5.41) is 0.395. The van der Waals surface area contributed by atoms with Gasteiger partial charge in [0.15, 0.2) is 15.0 Å². The first kappa shape index (κ1) is 31.2. The van der Waals surface area contributed by atoms with Gasteiger partial charge in [-0.3, -0.25) is 9.69 Å². The summed E-state index contributed by atoms with van der Waals surface area (Å²) in [6, 6.07) is 11.0. The maximum absolute atomic E-state index is 13.8. The molecule has 2 aromatic carbocycles. The number of nitrogens with zero attached hydrogens (tertiary/aromatic N) is 4. The van der Waals surface area contributed by atoms with Crippen LogP contribution in [-0.2, 0) is 19.9 Å². The summed E-state index contributed by atoms with van der Waals surface area (Å²) in [5.74, 6) is -0.329. The molecule has 0 fully saturated rings. The molecule has 0 bridgehead atoms. The van der Waals surface area contributed by atoms with Crippen LogP contribution in [-0.4, -0.2) is 82.5 Å². The summed E-state index contributed by atoms with van der Waals surface area (Å²) in [6.45, 7) is 11.3. The topological polar surface area (TPSA) is 108 Å². The lowest BCUT2D eigenvalue weighted by Gasteiger charge is -2.25. The van der Waals surface area contributed by atoms with E-state index in [9.17, 15) is 21.6 Å². The number of aromatic nitrogens is 1. The van der Waals surface area contributed by atoms with E-state index in [1.807, 2.05) is 27.7 Å². The molecule has 1 aromatic heterocycles. The Bertz CT molecular complexity index is 1480. The van der Waals surface area contributed by atoms with Crippen LogP contribution in [0, 0.1) is 0 Å². The number of amides is 1. The average Bonchev–Trinajstić information content (AvgIpc) is 3.34. The number of rotatable bonds is 14. The molecule has 0 radical (unpaired) electrons. The first-order valence-electron chi connectivity index (χ1n) is 13.2. The van der Waals surface area contributed by atoms with Crippen LogP contribution in [0.2, 0.25) is 0 Å². The lowest BCUT2D eigenvalue weighted by Crippen LogP contribution is -2.39. The Morgan fingerprint density at radius 3 is 2.10 bits per heavy atom. The molecule has 0 spiro atoms. The van der Waals surface area contributed by atoms with E-state index in [0.717, 1.165) is 32.2 Å². The third-order valence-electron chi connectivity index (χ3n) is 6.63. The van der Waals surface area contributed by atoms with Gasteiger partial charge in [-0.25, -0.2) is 21.8 Å². The molecule has 0 saturated carbocycles. The zero-order valence-electron chi connectivity index (χ0n) is 23.3. The van der Waals surface area contributed by atoms with Gasteiger partial charge in [0, 0.05) is 38.0 Å². The molecule has 0 aliphatic carbocycles. The molecule has 0 aliphatic heterocycles. The summed E-state index contributed by atoms with van der Waals surface area (Å²) in [7, 11) is -7.18. The molecular formula is C27H38N4O5S3. The van der Waals surface area contributed by atoms with E-state index in [1.54, 1.807) is 17.0 Å². The van der Waals surface area contributed by atoms with Crippen molar-refractivity contribution in [1.29, 1.82) is 0 Å². The molecule has 0 N–H and O–H groups in total. The number of sulfone groups is 1. The Morgan fingerprint density at radius 2 is 1.54 bits per heavy atom. The molecule has 9 nitrogen and oxygen atoms in total. The molecule has 3 aromatic rings. The maximum Gasteiger partial charge on any atom is 0.260 e. The fraction of sp³-hybridized carbons (Fsp3) is 0.481. The number of para-hydroxylation sites is 1. The van der Waals surface area contributed by atoms with Crippen LogP contribution in [0.25, 0.3) is 10.2 Å². The van der Waals surface area contributed by atoms with Crippen LogP contribution in [0.4, 0.5) is 5.13 Å². The van der Waals surface area contributed by atoms with E-state index in [1.165, 1.54) is 46.0 Å². The van der Waals surface area contributed by atoms with Crippen LogP contribution in [0.3, 0.4) is 0 Å².